The van der Waals surface area contributed by atoms with Crippen LogP contribution >= 0.6 is 7.60 Å². The molecule has 0 aromatic carbocycles. The topological polar surface area (TPSA) is 47.6 Å². The van der Waals surface area contributed by atoms with E-state index >= 15 is 0 Å². The summed E-state index contributed by atoms with van der Waals surface area (Å²) in [5, 5.41) is 3.28. The van der Waals surface area contributed by atoms with Gasteiger partial charge in [-0.3, -0.25) is 0 Å². The molecule has 1 fully saturated rings. The highest BCUT2D eigenvalue weighted by atomic mass is 31.2. The van der Waals surface area contributed by atoms with Crippen LogP contribution in [0.2, 0.25) is 0 Å². The first-order valence-corrected chi connectivity index (χ1v) is 8.26. The fraction of sp³-hybridized carbons (Fsp3) is 0.833. The van der Waals surface area contributed by atoms with Gasteiger partial charge < -0.3 is 14.4 Å². The van der Waals surface area contributed by atoms with E-state index in [2.05, 4.69) is 5.32 Å². The average Bonchev–Trinajstić information content (AvgIpc) is 2.36. The van der Waals surface area contributed by atoms with Crippen molar-refractivity contribution in [2.75, 3.05) is 12.8 Å². The first kappa shape index (κ1) is 14.6. The van der Waals surface area contributed by atoms with Crippen LogP contribution in [-0.4, -0.2) is 18.8 Å². The lowest BCUT2D eigenvalue weighted by atomic mass is 9.96. The minimum Gasteiger partial charge on any atom is -0.431 e. The van der Waals surface area contributed by atoms with Crippen molar-refractivity contribution in [1.29, 1.82) is 0 Å². The Hall–Kier alpha value is -0.470. The Kier molecular flexibility index (Phi) is 6.68. The largest absolute Gasteiger partial charge is 0.431 e. The van der Waals surface area contributed by atoms with Crippen molar-refractivity contribution in [3.8, 4) is 0 Å². The van der Waals surface area contributed by atoms with Crippen molar-refractivity contribution >= 4 is 7.60 Å². The smallest absolute Gasteiger partial charge is 0.378 e. The zero-order valence-corrected chi connectivity index (χ0v) is 11.7. The highest BCUT2D eigenvalue weighted by molar-refractivity contribution is 7.53. The monoisotopic (exact) mass is 261 g/mol. The first-order chi connectivity index (χ1) is 8.20. The minimum atomic E-state index is -2.90. The summed E-state index contributed by atoms with van der Waals surface area (Å²) in [6.45, 7) is 4.03. The molecule has 0 saturated heterocycles. The fourth-order valence-corrected chi connectivity index (χ4v) is 2.99. The molecule has 0 aromatic rings. The van der Waals surface area contributed by atoms with E-state index in [9.17, 15) is 4.57 Å². The van der Waals surface area contributed by atoms with Crippen LogP contribution in [-0.2, 0) is 13.6 Å². The average molecular weight is 261 g/mol. The predicted molar refractivity (Wildman–Crippen MR) is 70.0 cm³/mol. The maximum absolute atomic E-state index is 11.9. The van der Waals surface area contributed by atoms with Crippen molar-refractivity contribution in [2.24, 2.45) is 0 Å². The third-order valence-electron chi connectivity index (χ3n) is 2.94. The van der Waals surface area contributed by atoms with Gasteiger partial charge >= 0.3 is 7.60 Å². The van der Waals surface area contributed by atoms with Crippen LogP contribution < -0.4 is 5.32 Å². The third kappa shape index (κ3) is 5.60. The summed E-state index contributed by atoms with van der Waals surface area (Å²) in [5.41, 5.74) is 0. The maximum Gasteiger partial charge on any atom is 0.378 e. The Morgan fingerprint density at radius 3 is 2.59 bits per heavy atom. The van der Waals surface area contributed by atoms with E-state index in [1.165, 1.54) is 38.4 Å². The molecule has 0 bridgehead atoms. The lowest BCUT2D eigenvalue weighted by molar-refractivity contribution is 0.262. The molecule has 100 valence electrons. The maximum atomic E-state index is 11.9. The number of rotatable bonds is 7. The highest BCUT2D eigenvalue weighted by Crippen LogP contribution is 2.47. The third-order valence-corrected chi connectivity index (χ3v) is 4.81. The molecule has 1 saturated carbocycles. The molecule has 1 rings (SSSR count). The van der Waals surface area contributed by atoms with E-state index in [-0.39, 0.29) is 0 Å². The van der Waals surface area contributed by atoms with Crippen LogP contribution in [0.3, 0.4) is 0 Å². The van der Waals surface area contributed by atoms with Gasteiger partial charge in [0, 0.05) is 12.2 Å². The van der Waals surface area contributed by atoms with Crippen LogP contribution in [0.25, 0.3) is 0 Å². The van der Waals surface area contributed by atoms with E-state index in [1.807, 2.05) is 6.92 Å². The summed E-state index contributed by atoms with van der Waals surface area (Å²) in [6, 6.07) is 0.539. The zero-order chi connectivity index (χ0) is 12.6. The normalized spacial score (nSPS) is 21.3. The Balaban J connectivity index is 2.25. The SMILES string of the molecule is CCOP(=O)(CC)OC=CNC1CCCCC1. The molecule has 1 N–H and O–H groups in total. The van der Waals surface area contributed by atoms with Crippen LogP contribution in [0.4, 0.5) is 0 Å². The van der Waals surface area contributed by atoms with E-state index in [4.69, 9.17) is 9.05 Å². The summed E-state index contributed by atoms with van der Waals surface area (Å²) in [4.78, 5) is 0. The standard InChI is InChI=1S/C12H24NO3P/c1-3-15-17(14,4-2)16-11-10-13-12-8-6-5-7-9-12/h10-13H,3-9H2,1-2H3. The quantitative estimate of drug-likeness (QED) is 0.561. The van der Waals surface area contributed by atoms with Crippen molar-refractivity contribution in [3.05, 3.63) is 12.5 Å². The number of hydrogen-bond acceptors (Lipinski definition) is 4. The van der Waals surface area contributed by atoms with Gasteiger partial charge in [-0.15, -0.1) is 0 Å². The molecule has 0 aliphatic heterocycles. The van der Waals surface area contributed by atoms with Crippen molar-refractivity contribution in [3.63, 3.8) is 0 Å². The van der Waals surface area contributed by atoms with E-state index in [0.717, 1.165) is 0 Å². The molecular weight excluding hydrogens is 237 g/mol. The Morgan fingerprint density at radius 1 is 1.29 bits per heavy atom. The van der Waals surface area contributed by atoms with Crippen LogP contribution in [0, 0.1) is 0 Å². The van der Waals surface area contributed by atoms with Gasteiger partial charge in [0.05, 0.1) is 12.8 Å². The Bertz CT molecular complexity index is 275. The van der Waals surface area contributed by atoms with Gasteiger partial charge in [0.15, 0.2) is 0 Å². The number of nitrogens with one attached hydrogen (secondary N) is 1. The molecule has 0 aromatic heterocycles. The van der Waals surface area contributed by atoms with E-state index < -0.39 is 7.60 Å². The van der Waals surface area contributed by atoms with Crippen molar-refractivity contribution in [1.82, 2.24) is 5.32 Å². The van der Waals surface area contributed by atoms with Crippen molar-refractivity contribution < 1.29 is 13.6 Å². The second-order valence-corrected chi connectivity index (χ2v) is 6.58. The first-order valence-electron chi connectivity index (χ1n) is 6.53. The van der Waals surface area contributed by atoms with Gasteiger partial charge in [-0.1, -0.05) is 26.2 Å². The Morgan fingerprint density at radius 2 is 2.00 bits per heavy atom. The molecule has 17 heavy (non-hydrogen) atoms. The zero-order valence-electron chi connectivity index (χ0n) is 10.9. The molecule has 0 heterocycles. The second-order valence-electron chi connectivity index (χ2n) is 4.25. The van der Waals surface area contributed by atoms with Gasteiger partial charge in [0.1, 0.15) is 6.26 Å². The summed E-state index contributed by atoms with van der Waals surface area (Å²) >= 11 is 0. The molecule has 1 aliphatic carbocycles. The van der Waals surface area contributed by atoms with Gasteiger partial charge in [-0.25, -0.2) is 4.57 Å². The fourth-order valence-electron chi connectivity index (χ4n) is 1.96. The highest BCUT2D eigenvalue weighted by Gasteiger charge is 2.20. The molecule has 1 unspecified atom stereocenters. The molecule has 0 radical (unpaired) electrons. The van der Waals surface area contributed by atoms with Crippen LogP contribution in [0.15, 0.2) is 12.5 Å². The van der Waals surface area contributed by atoms with Gasteiger partial charge in [-0.05, 0) is 19.8 Å². The molecule has 1 aliphatic rings. The lowest BCUT2D eigenvalue weighted by Crippen LogP contribution is -2.26. The predicted octanol–water partition coefficient (Wildman–Crippen LogP) is 3.65. The second kappa shape index (κ2) is 7.78. The summed E-state index contributed by atoms with van der Waals surface area (Å²) < 4.78 is 22.2. The summed E-state index contributed by atoms with van der Waals surface area (Å²) in [5.74, 6) is 0. The molecule has 1 atom stereocenters. The molecular formula is C12H24NO3P. The van der Waals surface area contributed by atoms with Crippen molar-refractivity contribution in [2.45, 2.75) is 52.0 Å². The van der Waals surface area contributed by atoms with E-state index in [1.54, 1.807) is 13.1 Å². The molecule has 0 amide bonds. The van der Waals surface area contributed by atoms with Gasteiger partial charge in [0.2, 0.25) is 0 Å². The molecule has 5 heteroatoms. The number of hydrogen-bond donors (Lipinski definition) is 1. The summed E-state index contributed by atoms with van der Waals surface area (Å²) in [7, 11) is -2.90. The molecule has 4 nitrogen and oxygen atoms in total. The lowest BCUT2D eigenvalue weighted by Gasteiger charge is -2.21. The minimum absolute atomic E-state index is 0.397. The Labute approximate surface area is 104 Å². The van der Waals surface area contributed by atoms with E-state index in [0.29, 0.717) is 18.8 Å². The van der Waals surface area contributed by atoms with Crippen LogP contribution in [0.1, 0.15) is 46.0 Å². The molecule has 0 spiro atoms. The van der Waals surface area contributed by atoms with Gasteiger partial charge in [0.25, 0.3) is 0 Å². The van der Waals surface area contributed by atoms with Gasteiger partial charge in [-0.2, -0.15) is 0 Å². The summed E-state index contributed by atoms with van der Waals surface area (Å²) in [6.07, 6.45) is 9.95. The van der Waals surface area contributed by atoms with Crippen LogP contribution in [0.5, 0.6) is 0 Å².